The fraction of sp³-hybridized carbons (Fsp3) is 0.519. The third-order valence-electron chi connectivity index (χ3n) is 7.68. The van der Waals surface area contributed by atoms with Crippen molar-refractivity contribution in [3.8, 4) is 0 Å². The number of fused-ring (bicyclic) bond motifs is 1. The van der Waals surface area contributed by atoms with Crippen LogP contribution in [-0.2, 0) is 19.1 Å². The van der Waals surface area contributed by atoms with Crippen molar-refractivity contribution < 1.29 is 24.2 Å². The summed E-state index contributed by atoms with van der Waals surface area (Å²) in [5.74, 6) is -2.21. The average molecular weight is 499 g/mol. The summed E-state index contributed by atoms with van der Waals surface area (Å²) in [5, 5.41) is 9.81. The highest BCUT2D eigenvalue weighted by atomic mass is 32.2. The van der Waals surface area contributed by atoms with Crippen LogP contribution in [-0.4, -0.2) is 69.6 Å². The number of carbonyl (C=O) groups excluding carboxylic acids is 3. The summed E-state index contributed by atoms with van der Waals surface area (Å²) in [4.78, 5) is 44.5. The van der Waals surface area contributed by atoms with Gasteiger partial charge in [0.05, 0.1) is 23.2 Å². The highest BCUT2D eigenvalue weighted by Gasteiger charge is 2.77. The number of hydrogen-bond donors (Lipinski definition) is 1. The number of likely N-dealkylation sites (tertiary alicyclic amines) is 1. The molecule has 4 rings (SSSR count). The van der Waals surface area contributed by atoms with E-state index >= 15 is 0 Å². The maximum Gasteiger partial charge on any atom is 0.311 e. The Bertz CT molecular complexity index is 1070. The molecule has 2 amide bonds. The number of benzene rings is 1. The molecule has 3 aliphatic heterocycles. The van der Waals surface area contributed by atoms with Gasteiger partial charge in [-0.3, -0.25) is 14.4 Å². The Morgan fingerprint density at radius 3 is 2.69 bits per heavy atom. The molecule has 3 saturated heterocycles. The third kappa shape index (κ3) is 3.91. The Labute approximate surface area is 211 Å². The van der Waals surface area contributed by atoms with Gasteiger partial charge < -0.3 is 19.6 Å². The largest absolute Gasteiger partial charge is 0.461 e. The van der Waals surface area contributed by atoms with E-state index in [-0.39, 0.29) is 38.1 Å². The molecule has 1 aromatic rings. The number of aliphatic hydroxyl groups excluding tert-OH is 1. The van der Waals surface area contributed by atoms with Crippen molar-refractivity contribution in [1.29, 1.82) is 0 Å². The predicted octanol–water partition coefficient (Wildman–Crippen LogP) is 3.03. The molecule has 1 aromatic carbocycles. The van der Waals surface area contributed by atoms with E-state index in [2.05, 4.69) is 13.2 Å². The van der Waals surface area contributed by atoms with Crippen LogP contribution in [0.4, 0.5) is 5.69 Å². The molecule has 1 N–H and O–H groups in total. The van der Waals surface area contributed by atoms with Gasteiger partial charge in [-0.05, 0) is 50.8 Å². The number of hydrogen-bond acceptors (Lipinski definition) is 6. The molecule has 0 saturated carbocycles. The van der Waals surface area contributed by atoms with E-state index in [4.69, 9.17) is 4.74 Å². The summed E-state index contributed by atoms with van der Waals surface area (Å²) in [5.41, 5.74) is 2.74. The summed E-state index contributed by atoms with van der Waals surface area (Å²) in [6.07, 6.45) is 4.53. The van der Waals surface area contributed by atoms with E-state index in [0.29, 0.717) is 12.8 Å². The first-order valence-electron chi connectivity index (χ1n) is 12.0. The average Bonchev–Trinajstić information content (AvgIpc) is 3.38. The van der Waals surface area contributed by atoms with E-state index in [9.17, 15) is 19.5 Å². The van der Waals surface area contributed by atoms with Crippen LogP contribution in [0.25, 0.3) is 0 Å². The molecule has 2 bridgehead atoms. The van der Waals surface area contributed by atoms with Crippen LogP contribution in [0, 0.1) is 25.7 Å². The zero-order valence-electron chi connectivity index (χ0n) is 20.7. The zero-order valence-corrected chi connectivity index (χ0v) is 21.5. The van der Waals surface area contributed by atoms with Crippen molar-refractivity contribution in [2.45, 2.75) is 49.1 Å². The number of amides is 2. The van der Waals surface area contributed by atoms with Gasteiger partial charge in [-0.25, -0.2) is 0 Å². The van der Waals surface area contributed by atoms with Crippen LogP contribution in [0.15, 0.2) is 43.5 Å². The van der Waals surface area contributed by atoms with E-state index in [0.717, 1.165) is 16.8 Å². The minimum Gasteiger partial charge on any atom is -0.461 e. The van der Waals surface area contributed by atoms with Crippen molar-refractivity contribution >= 4 is 35.2 Å². The Morgan fingerprint density at radius 2 is 2.03 bits per heavy atom. The van der Waals surface area contributed by atoms with Crippen LogP contribution in [0.5, 0.6) is 0 Å². The normalized spacial score (nSPS) is 30.8. The van der Waals surface area contributed by atoms with Crippen molar-refractivity contribution in [3.05, 3.63) is 54.6 Å². The molecule has 8 heteroatoms. The molecular weight excluding hydrogens is 464 g/mol. The number of carbonyl (C=O) groups is 3. The molecule has 35 heavy (non-hydrogen) atoms. The van der Waals surface area contributed by atoms with Crippen LogP contribution < -0.4 is 4.90 Å². The third-order valence-corrected chi connectivity index (χ3v) is 9.67. The van der Waals surface area contributed by atoms with Gasteiger partial charge in [0.15, 0.2) is 0 Å². The Balaban J connectivity index is 1.80. The monoisotopic (exact) mass is 498 g/mol. The van der Waals surface area contributed by atoms with Gasteiger partial charge in [0.2, 0.25) is 5.91 Å². The predicted molar refractivity (Wildman–Crippen MR) is 137 cm³/mol. The summed E-state index contributed by atoms with van der Waals surface area (Å²) < 4.78 is 4.17. The number of rotatable bonds is 9. The summed E-state index contributed by atoms with van der Waals surface area (Å²) in [7, 11) is 0. The second-order valence-electron chi connectivity index (χ2n) is 9.93. The van der Waals surface area contributed by atoms with E-state index < -0.39 is 33.3 Å². The lowest BCUT2D eigenvalue weighted by atomic mass is 9.66. The van der Waals surface area contributed by atoms with Crippen LogP contribution >= 0.6 is 11.8 Å². The van der Waals surface area contributed by atoms with Gasteiger partial charge in [-0.2, -0.15) is 0 Å². The number of ether oxygens (including phenoxy) is 1. The van der Waals surface area contributed by atoms with Gasteiger partial charge in [0.25, 0.3) is 5.91 Å². The molecule has 3 aliphatic rings. The lowest BCUT2D eigenvalue weighted by Crippen LogP contribution is -2.55. The molecule has 0 radical (unpaired) electrons. The van der Waals surface area contributed by atoms with Gasteiger partial charge in [-0.15, -0.1) is 18.3 Å². The molecule has 1 spiro atoms. The first-order valence-corrected chi connectivity index (χ1v) is 12.9. The molecule has 0 aromatic heterocycles. The summed E-state index contributed by atoms with van der Waals surface area (Å²) >= 11 is 1.59. The van der Waals surface area contributed by atoms with Crippen molar-refractivity contribution in [1.82, 2.24) is 4.90 Å². The molecule has 3 heterocycles. The molecule has 0 aliphatic carbocycles. The van der Waals surface area contributed by atoms with E-state index in [1.807, 2.05) is 39.0 Å². The SMILES string of the molecule is C=CCOC(=O)[C@H]1[C@H]2C(=O)N(CCO)C(C(=O)N(CC=C)c3cc(C)ccc3C)C23CC[C@]1(C)S3. The number of esters is 1. The molecule has 2 unspecified atom stereocenters. The lowest BCUT2D eigenvalue weighted by molar-refractivity contribution is -0.154. The molecule has 5 atom stereocenters. The van der Waals surface area contributed by atoms with Crippen molar-refractivity contribution in [3.63, 3.8) is 0 Å². The van der Waals surface area contributed by atoms with E-state index in [1.165, 1.54) is 11.0 Å². The zero-order chi connectivity index (χ0) is 25.5. The topological polar surface area (TPSA) is 87.1 Å². The van der Waals surface area contributed by atoms with Crippen molar-refractivity contribution in [2.24, 2.45) is 11.8 Å². The first-order chi connectivity index (χ1) is 16.6. The number of aryl methyl sites for hydroxylation is 2. The van der Waals surface area contributed by atoms with Gasteiger partial charge in [0, 0.05) is 23.5 Å². The molecular formula is C27H34N2O5S. The Hall–Kier alpha value is -2.58. The standard InChI is InChI=1S/C27H34N2O5S/c1-6-12-28(19-16-17(3)8-9-18(19)4)24(32)22-27-11-10-26(5,35-27)21(25(33)34-15-7-2)20(27)23(31)29(22)13-14-30/h6-9,16,20-22,30H,1-2,10-15H2,3-5H3/t20-,21+,22?,26-,27?/m0/s1. The second kappa shape index (κ2) is 9.47. The second-order valence-corrected chi connectivity index (χ2v) is 11.8. The number of β-amino-alcohol motifs (C(OH)–C–C–N with tert-alkyl or cyclic N) is 1. The van der Waals surface area contributed by atoms with Gasteiger partial charge >= 0.3 is 5.97 Å². The maximum absolute atomic E-state index is 14.4. The maximum atomic E-state index is 14.4. The minimum absolute atomic E-state index is 0.0356. The summed E-state index contributed by atoms with van der Waals surface area (Å²) in [6, 6.07) is 5.14. The quantitative estimate of drug-likeness (QED) is 0.416. The van der Waals surface area contributed by atoms with Gasteiger partial charge in [0.1, 0.15) is 12.6 Å². The first kappa shape index (κ1) is 25.5. The van der Waals surface area contributed by atoms with Gasteiger partial charge in [-0.1, -0.05) is 30.9 Å². The highest BCUT2D eigenvalue weighted by Crippen LogP contribution is 2.71. The fourth-order valence-electron chi connectivity index (χ4n) is 6.24. The Morgan fingerprint density at radius 1 is 1.29 bits per heavy atom. The number of anilines is 1. The number of aliphatic hydroxyl groups is 1. The smallest absolute Gasteiger partial charge is 0.311 e. The fourth-order valence-corrected chi connectivity index (χ4v) is 8.58. The number of nitrogens with zero attached hydrogens (tertiary/aromatic N) is 2. The molecule has 188 valence electrons. The molecule has 7 nitrogen and oxygen atoms in total. The summed E-state index contributed by atoms with van der Waals surface area (Å²) in [6.45, 7) is 13.5. The van der Waals surface area contributed by atoms with Crippen molar-refractivity contribution in [2.75, 3.05) is 31.2 Å². The van der Waals surface area contributed by atoms with Crippen LogP contribution in [0.1, 0.15) is 30.9 Å². The highest BCUT2D eigenvalue weighted by molar-refractivity contribution is 8.02. The van der Waals surface area contributed by atoms with Crippen LogP contribution in [0.3, 0.4) is 0 Å². The lowest BCUT2D eigenvalue weighted by Gasteiger charge is -2.37. The number of thioether (sulfide) groups is 1. The van der Waals surface area contributed by atoms with E-state index in [1.54, 1.807) is 22.7 Å². The molecule has 3 fully saturated rings. The Kier molecular flexibility index (Phi) is 6.90. The minimum atomic E-state index is -0.795. The van der Waals surface area contributed by atoms with Crippen LogP contribution in [0.2, 0.25) is 0 Å².